The standard InChI is InChI=1S/C12H16O3/c13-12(14)15-11-9-7-4-8(10(9)11)6-3-1-2-5(6)7/h5-11H,1-4H2,(H,13,14)/t5-,6+,7+,8-,9+,10-,11?. The SMILES string of the molecule is O=C(O)OC1[C@@H]2[C@@H]3C[C@@H]([C@@H]4CCC[C@@H]43)[C@H]12. The lowest BCUT2D eigenvalue weighted by Crippen LogP contribution is -2.18. The van der Waals surface area contributed by atoms with Crippen LogP contribution in [0.3, 0.4) is 0 Å². The van der Waals surface area contributed by atoms with Crippen LogP contribution >= 0.6 is 0 Å². The summed E-state index contributed by atoms with van der Waals surface area (Å²) in [6.07, 6.45) is 4.59. The first kappa shape index (κ1) is 8.43. The molecular weight excluding hydrogens is 192 g/mol. The molecule has 0 radical (unpaired) electrons. The van der Waals surface area contributed by atoms with Crippen molar-refractivity contribution >= 4 is 6.16 Å². The van der Waals surface area contributed by atoms with Crippen molar-refractivity contribution in [2.24, 2.45) is 35.5 Å². The molecule has 0 aromatic rings. The van der Waals surface area contributed by atoms with E-state index in [4.69, 9.17) is 9.84 Å². The molecular formula is C12H16O3. The van der Waals surface area contributed by atoms with Gasteiger partial charge in [-0.1, -0.05) is 6.42 Å². The van der Waals surface area contributed by atoms with Gasteiger partial charge in [-0.15, -0.1) is 0 Å². The zero-order chi connectivity index (χ0) is 10.2. The van der Waals surface area contributed by atoms with Crippen molar-refractivity contribution in [1.82, 2.24) is 0 Å². The molecule has 1 N–H and O–H groups in total. The van der Waals surface area contributed by atoms with Gasteiger partial charge in [0.2, 0.25) is 0 Å². The molecule has 0 heterocycles. The average molecular weight is 208 g/mol. The van der Waals surface area contributed by atoms with Crippen molar-refractivity contribution < 1.29 is 14.6 Å². The highest BCUT2D eigenvalue weighted by Crippen LogP contribution is 2.73. The van der Waals surface area contributed by atoms with E-state index in [-0.39, 0.29) is 6.10 Å². The van der Waals surface area contributed by atoms with Gasteiger partial charge >= 0.3 is 6.16 Å². The molecule has 1 unspecified atom stereocenters. The van der Waals surface area contributed by atoms with Gasteiger partial charge in [-0.05, 0) is 42.9 Å². The third-order valence-electron chi connectivity index (χ3n) is 5.56. The fourth-order valence-corrected chi connectivity index (χ4v) is 5.29. The first-order valence-electron chi connectivity index (χ1n) is 6.17. The Morgan fingerprint density at radius 1 is 1.07 bits per heavy atom. The van der Waals surface area contributed by atoms with Crippen molar-refractivity contribution in [2.45, 2.75) is 31.8 Å². The molecule has 0 aromatic carbocycles. The number of ether oxygens (including phenoxy) is 1. The molecule has 0 saturated heterocycles. The maximum absolute atomic E-state index is 10.5. The van der Waals surface area contributed by atoms with E-state index in [1.807, 2.05) is 0 Å². The zero-order valence-electron chi connectivity index (χ0n) is 8.63. The van der Waals surface area contributed by atoms with E-state index in [1.54, 1.807) is 0 Å². The largest absolute Gasteiger partial charge is 0.506 e. The Bertz CT molecular complexity index is 305. The Morgan fingerprint density at radius 3 is 2.20 bits per heavy atom. The molecule has 4 aliphatic rings. The number of carbonyl (C=O) groups is 1. The molecule has 2 bridgehead atoms. The van der Waals surface area contributed by atoms with Crippen LogP contribution in [0, 0.1) is 35.5 Å². The molecule has 4 saturated carbocycles. The van der Waals surface area contributed by atoms with Crippen molar-refractivity contribution in [2.75, 3.05) is 0 Å². The topological polar surface area (TPSA) is 46.5 Å². The first-order valence-corrected chi connectivity index (χ1v) is 6.17. The quantitative estimate of drug-likeness (QED) is 0.673. The van der Waals surface area contributed by atoms with E-state index < -0.39 is 6.16 Å². The second kappa shape index (κ2) is 2.50. The van der Waals surface area contributed by atoms with Gasteiger partial charge in [0.05, 0.1) is 0 Å². The molecule has 4 rings (SSSR count). The van der Waals surface area contributed by atoms with E-state index >= 15 is 0 Å². The summed E-state index contributed by atoms with van der Waals surface area (Å²) >= 11 is 0. The molecule has 4 fully saturated rings. The molecule has 4 aliphatic carbocycles. The highest BCUT2D eigenvalue weighted by Gasteiger charge is 2.73. The van der Waals surface area contributed by atoms with Crippen molar-refractivity contribution in [3.8, 4) is 0 Å². The van der Waals surface area contributed by atoms with Crippen LogP contribution in [0.25, 0.3) is 0 Å². The van der Waals surface area contributed by atoms with Gasteiger partial charge in [-0.25, -0.2) is 4.79 Å². The van der Waals surface area contributed by atoms with Gasteiger partial charge in [-0.3, -0.25) is 0 Å². The maximum Gasteiger partial charge on any atom is 0.506 e. The van der Waals surface area contributed by atoms with Crippen molar-refractivity contribution in [3.63, 3.8) is 0 Å². The van der Waals surface area contributed by atoms with Gasteiger partial charge < -0.3 is 9.84 Å². The molecule has 0 spiro atoms. The van der Waals surface area contributed by atoms with E-state index in [2.05, 4.69) is 0 Å². The van der Waals surface area contributed by atoms with Crippen LogP contribution in [0.1, 0.15) is 25.7 Å². The summed E-state index contributed by atoms with van der Waals surface area (Å²) in [7, 11) is 0. The average Bonchev–Trinajstić information content (AvgIpc) is 2.63. The Kier molecular flexibility index (Phi) is 1.40. The minimum atomic E-state index is -1.07. The zero-order valence-corrected chi connectivity index (χ0v) is 8.63. The van der Waals surface area contributed by atoms with Gasteiger partial charge in [0, 0.05) is 11.8 Å². The van der Waals surface area contributed by atoms with E-state index in [0.29, 0.717) is 11.8 Å². The summed E-state index contributed by atoms with van der Waals surface area (Å²) in [5, 5.41) is 8.65. The monoisotopic (exact) mass is 208 g/mol. The van der Waals surface area contributed by atoms with Crippen LogP contribution in [0.2, 0.25) is 0 Å². The Labute approximate surface area is 88.8 Å². The highest BCUT2D eigenvalue weighted by molar-refractivity contribution is 5.57. The van der Waals surface area contributed by atoms with Crippen LogP contribution in [0.5, 0.6) is 0 Å². The molecule has 7 atom stereocenters. The second-order valence-corrected chi connectivity index (χ2v) is 5.83. The molecule has 3 heteroatoms. The third-order valence-corrected chi connectivity index (χ3v) is 5.56. The fourth-order valence-electron chi connectivity index (χ4n) is 5.29. The fraction of sp³-hybridized carbons (Fsp3) is 0.917. The lowest BCUT2D eigenvalue weighted by atomic mass is 9.82. The summed E-state index contributed by atoms with van der Waals surface area (Å²) < 4.78 is 4.99. The number of rotatable bonds is 1. The second-order valence-electron chi connectivity index (χ2n) is 5.83. The van der Waals surface area contributed by atoms with Crippen LogP contribution in [0.15, 0.2) is 0 Å². The lowest BCUT2D eigenvalue weighted by Gasteiger charge is -2.22. The lowest BCUT2D eigenvalue weighted by molar-refractivity contribution is 0.0683. The summed E-state index contributed by atoms with van der Waals surface area (Å²) in [5.41, 5.74) is 0. The molecule has 0 aliphatic heterocycles. The summed E-state index contributed by atoms with van der Waals surface area (Å²) in [6.45, 7) is 0. The summed E-state index contributed by atoms with van der Waals surface area (Å²) in [5.74, 6) is 4.72. The Balaban J connectivity index is 1.56. The molecule has 82 valence electrons. The molecule has 3 nitrogen and oxygen atoms in total. The number of hydrogen-bond acceptors (Lipinski definition) is 2. The number of carboxylic acid groups (broad SMARTS) is 1. The maximum atomic E-state index is 10.5. The van der Waals surface area contributed by atoms with Gasteiger partial charge in [-0.2, -0.15) is 0 Å². The summed E-state index contributed by atoms with van der Waals surface area (Å²) in [4.78, 5) is 10.5. The molecule has 0 amide bonds. The highest BCUT2D eigenvalue weighted by atomic mass is 16.7. The van der Waals surface area contributed by atoms with E-state index in [0.717, 1.165) is 23.7 Å². The summed E-state index contributed by atoms with van der Waals surface area (Å²) in [6, 6.07) is 0. The Morgan fingerprint density at radius 2 is 1.67 bits per heavy atom. The van der Waals surface area contributed by atoms with Gasteiger partial charge in [0.15, 0.2) is 0 Å². The molecule has 0 aromatic heterocycles. The Hall–Kier alpha value is -0.730. The smallest absolute Gasteiger partial charge is 0.450 e. The van der Waals surface area contributed by atoms with Gasteiger partial charge in [0.25, 0.3) is 0 Å². The first-order chi connectivity index (χ1) is 7.27. The normalized spacial score (nSPS) is 58.8. The van der Waals surface area contributed by atoms with E-state index in [1.165, 1.54) is 25.7 Å². The van der Waals surface area contributed by atoms with Crippen molar-refractivity contribution in [1.29, 1.82) is 0 Å². The number of fused-ring (bicyclic) bond motifs is 8. The van der Waals surface area contributed by atoms with Crippen molar-refractivity contribution in [3.05, 3.63) is 0 Å². The minimum absolute atomic E-state index is 0.0804. The van der Waals surface area contributed by atoms with Crippen LogP contribution in [-0.2, 0) is 4.74 Å². The van der Waals surface area contributed by atoms with Crippen LogP contribution in [-0.4, -0.2) is 17.4 Å². The predicted molar refractivity (Wildman–Crippen MR) is 52.3 cm³/mol. The van der Waals surface area contributed by atoms with Gasteiger partial charge in [0.1, 0.15) is 6.10 Å². The van der Waals surface area contributed by atoms with E-state index in [9.17, 15) is 4.79 Å². The predicted octanol–water partition coefficient (Wildman–Crippen LogP) is 2.36. The van der Waals surface area contributed by atoms with Crippen LogP contribution < -0.4 is 0 Å². The molecule has 15 heavy (non-hydrogen) atoms. The van der Waals surface area contributed by atoms with Crippen LogP contribution in [0.4, 0.5) is 4.79 Å². The minimum Gasteiger partial charge on any atom is -0.450 e. The number of hydrogen-bond donors (Lipinski definition) is 1. The third kappa shape index (κ3) is 0.900.